The van der Waals surface area contributed by atoms with Crippen LogP contribution in [0.15, 0.2) is 18.2 Å². The fourth-order valence-electron chi connectivity index (χ4n) is 3.02. The normalized spacial score (nSPS) is 18.9. The maximum atomic E-state index is 12.3. The maximum absolute atomic E-state index is 12.3. The summed E-state index contributed by atoms with van der Waals surface area (Å²) >= 11 is 0. The largest absolute Gasteiger partial charge is 0.497 e. The molecular formula is C17H24N2O5. The number of likely N-dealkylation sites (tertiary alicyclic amines) is 1. The van der Waals surface area contributed by atoms with Crippen LogP contribution in [0.2, 0.25) is 0 Å². The Morgan fingerprint density at radius 3 is 2.75 bits per heavy atom. The molecule has 1 amide bonds. The Hall–Kier alpha value is -2.28. The number of methoxy groups -OCH3 is 2. The predicted molar refractivity (Wildman–Crippen MR) is 88.3 cm³/mol. The smallest absolute Gasteiger partial charge is 0.320 e. The van der Waals surface area contributed by atoms with E-state index >= 15 is 0 Å². The molecule has 1 aromatic carbocycles. The molecule has 0 bridgehead atoms. The van der Waals surface area contributed by atoms with E-state index in [2.05, 4.69) is 5.32 Å². The number of benzene rings is 1. The first-order chi connectivity index (χ1) is 11.5. The first-order valence-corrected chi connectivity index (χ1v) is 7.94. The monoisotopic (exact) mass is 336 g/mol. The molecule has 2 unspecified atom stereocenters. The number of hydrogen-bond acceptors (Lipinski definition) is 5. The van der Waals surface area contributed by atoms with Gasteiger partial charge in [-0.25, -0.2) is 0 Å². The number of carboxylic acid groups (broad SMARTS) is 1. The maximum Gasteiger partial charge on any atom is 0.320 e. The number of aliphatic carboxylic acids is 1. The number of carbonyl (C=O) groups excluding carboxylic acids is 1. The van der Waals surface area contributed by atoms with Crippen molar-refractivity contribution in [2.45, 2.75) is 31.8 Å². The summed E-state index contributed by atoms with van der Waals surface area (Å²) in [5.41, 5.74) is 0.807. The van der Waals surface area contributed by atoms with Crippen molar-refractivity contribution in [2.75, 3.05) is 27.3 Å². The highest BCUT2D eigenvalue weighted by molar-refractivity contribution is 5.80. The third-order valence-corrected chi connectivity index (χ3v) is 4.28. The molecule has 7 nitrogen and oxygen atoms in total. The highest BCUT2D eigenvalue weighted by Crippen LogP contribution is 2.29. The van der Waals surface area contributed by atoms with Crippen LogP contribution in [-0.4, -0.2) is 55.2 Å². The van der Waals surface area contributed by atoms with E-state index in [0.717, 1.165) is 12.0 Å². The third-order valence-electron chi connectivity index (χ3n) is 4.28. The van der Waals surface area contributed by atoms with Gasteiger partial charge in [-0.3, -0.25) is 14.5 Å². The number of amides is 1. The molecule has 1 aliphatic heterocycles. The van der Waals surface area contributed by atoms with Crippen LogP contribution in [0.3, 0.4) is 0 Å². The van der Waals surface area contributed by atoms with E-state index in [4.69, 9.17) is 9.47 Å². The van der Waals surface area contributed by atoms with Gasteiger partial charge in [0.25, 0.3) is 0 Å². The zero-order valence-electron chi connectivity index (χ0n) is 14.2. The van der Waals surface area contributed by atoms with Crippen LogP contribution in [0.4, 0.5) is 0 Å². The van der Waals surface area contributed by atoms with Gasteiger partial charge in [-0.1, -0.05) is 0 Å². The van der Waals surface area contributed by atoms with Gasteiger partial charge in [0.05, 0.1) is 26.8 Å². The topological polar surface area (TPSA) is 88.1 Å². The van der Waals surface area contributed by atoms with Crippen molar-refractivity contribution in [3.8, 4) is 11.5 Å². The lowest BCUT2D eigenvalue weighted by Crippen LogP contribution is -2.43. The van der Waals surface area contributed by atoms with E-state index in [9.17, 15) is 14.7 Å². The van der Waals surface area contributed by atoms with Crippen molar-refractivity contribution in [2.24, 2.45) is 0 Å². The zero-order valence-corrected chi connectivity index (χ0v) is 14.2. The molecule has 0 aliphatic carbocycles. The number of rotatable bonds is 7. The number of nitrogens with zero attached hydrogens (tertiary/aromatic N) is 1. The van der Waals surface area contributed by atoms with Crippen molar-refractivity contribution < 1.29 is 24.2 Å². The van der Waals surface area contributed by atoms with Gasteiger partial charge in [0.2, 0.25) is 5.91 Å². The highest BCUT2D eigenvalue weighted by Gasteiger charge is 2.31. The van der Waals surface area contributed by atoms with Gasteiger partial charge in [-0.15, -0.1) is 0 Å². The van der Waals surface area contributed by atoms with E-state index in [-0.39, 0.29) is 18.5 Å². The number of nitrogens with one attached hydrogen (secondary N) is 1. The van der Waals surface area contributed by atoms with E-state index in [1.165, 1.54) is 0 Å². The molecule has 132 valence electrons. The molecule has 1 aliphatic rings. The van der Waals surface area contributed by atoms with Gasteiger partial charge in [0.15, 0.2) is 0 Å². The summed E-state index contributed by atoms with van der Waals surface area (Å²) in [5, 5.41) is 12.1. The van der Waals surface area contributed by atoms with Crippen LogP contribution in [0, 0.1) is 0 Å². The summed E-state index contributed by atoms with van der Waals surface area (Å²) in [6.45, 7) is 2.56. The molecule has 1 heterocycles. The molecule has 7 heteroatoms. The Morgan fingerprint density at radius 1 is 1.38 bits per heavy atom. The Labute approximate surface area is 141 Å². The summed E-state index contributed by atoms with van der Waals surface area (Å²) in [7, 11) is 3.15. The minimum atomic E-state index is -0.872. The van der Waals surface area contributed by atoms with Gasteiger partial charge in [-0.05, 0) is 44.5 Å². The fourth-order valence-corrected chi connectivity index (χ4v) is 3.02. The van der Waals surface area contributed by atoms with E-state index < -0.39 is 12.0 Å². The molecule has 24 heavy (non-hydrogen) atoms. The van der Waals surface area contributed by atoms with Crippen molar-refractivity contribution in [1.29, 1.82) is 0 Å². The van der Waals surface area contributed by atoms with Gasteiger partial charge in [0.1, 0.15) is 17.5 Å². The van der Waals surface area contributed by atoms with Gasteiger partial charge in [-0.2, -0.15) is 0 Å². The van der Waals surface area contributed by atoms with Crippen LogP contribution >= 0.6 is 0 Å². The lowest BCUT2D eigenvalue weighted by molar-refractivity contribution is -0.142. The van der Waals surface area contributed by atoms with Gasteiger partial charge < -0.3 is 19.9 Å². The van der Waals surface area contributed by atoms with Crippen LogP contribution in [0.5, 0.6) is 11.5 Å². The molecule has 2 atom stereocenters. The number of ether oxygens (including phenoxy) is 2. The van der Waals surface area contributed by atoms with Gasteiger partial charge >= 0.3 is 5.97 Å². The minimum absolute atomic E-state index is 0.0770. The number of carbonyl (C=O) groups is 2. The molecule has 1 saturated heterocycles. The lowest BCUT2D eigenvalue weighted by atomic mass is 10.1. The van der Waals surface area contributed by atoms with Crippen LogP contribution < -0.4 is 14.8 Å². The van der Waals surface area contributed by atoms with Crippen LogP contribution in [0.25, 0.3) is 0 Å². The second-order valence-electron chi connectivity index (χ2n) is 5.86. The van der Waals surface area contributed by atoms with Crippen molar-refractivity contribution in [1.82, 2.24) is 10.2 Å². The number of hydrogen-bond donors (Lipinski definition) is 2. The van der Waals surface area contributed by atoms with Crippen molar-refractivity contribution in [3.63, 3.8) is 0 Å². The van der Waals surface area contributed by atoms with Crippen molar-refractivity contribution in [3.05, 3.63) is 23.8 Å². The molecule has 0 saturated carbocycles. The Balaban J connectivity index is 2.02. The van der Waals surface area contributed by atoms with E-state index in [0.29, 0.717) is 24.5 Å². The molecule has 2 N–H and O–H groups in total. The first kappa shape index (κ1) is 18.1. The number of carboxylic acids is 1. The van der Waals surface area contributed by atoms with Crippen molar-refractivity contribution >= 4 is 11.9 Å². The standard InChI is InChI=1S/C17H24N2O5/c1-11(13-9-12(23-2)6-7-15(13)24-3)18-16(20)10-19-8-4-5-14(19)17(21)22/h6-7,9,11,14H,4-5,8,10H2,1-3H3,(H,18,20)(H,21,22). The Bertz CT molecular complexity index is 605. The summed E-state index contributed by atoms with van der Waals surface area (Å²) in [6.07, 6.45) is 1.38. The fraction of sp³-hybridized carbons (Fsp3) is 0.529. The van der Waals surface area contributed by atoms with Crippen LogP contribution in [0.1, 0.15) is 31.4 Å². The van der Waals surface area contributed by atoms with E-state index in [1.807, 2.05) is 13.0 Å². The average Bonchev–Trinajstić information content (AvgIpc) is 3.02. The summed E-state index contributed by atoms with van der Waals surface area (Å²) in [4.78, 5) is 25.2. The minimum Gasteiger partial charge on any atom is -0.497 e. The second kappa shape index (κ2) is 8.01. The summed E-state index contributed by atoms with van der Waals surface area (Å²) < 4.78 is 10.6. The highest BCUT2D eigenvalue weighted by atomic mass is 16.5. The van der Waals surface area contributed by atoms with Gasteiger partial charge in [0, 0.05) is 5.56 Å². The molecule has 1 aromatic rings. The average molecular weight is 336 g/mol. The quantitative estimate of drug-likeness (QED) is 0.783. The molecular weight excluding hydrogens is 312 g/mol. The Kier molecular flexibility index (Phi) is 6.03. The predicted octanol–water partition coefficient (Wildman–Crippen LogP) is 1.43. The third kappa shape index (κ3) is 4.17. The van der Waals surface area contributed by atoms with E-state index in [1.54, 1.807) is 31.3 Å². The second-order valence-corrected chi connectivity index (χ2v) is 5.86. The molecule has 2 rings (SSSR count). The Morgan fingerprint density at radius 2 is 2.12 bits per heavy atom. The SMILES string of the molecule is COc1ccc(OC)c(C(C)NC(=O)CN2CCCC2C(=O)O)c1. The first-order valence-electron chi connectivity index (χ1n) is 7.94. The zero-order chi connectivity index (χ0) is 17.7. The molecule has 1 fully saturated rings. The summed E-state index contributed by atoms with van der Waals surface area (Å²) in [6, 6.07) is 4.54. The molecule has 0 spiro atoms. The lowest BCUT2D eigenvalue weighted by Gasteiger charge is -2.23. The molecule has 0 radical (unpaired) electrons. The summed E-state index contributed by atoms with van der Waals surface area (Å²) in [5.74, 6) is 0.258. The van der Waals surface area contributed by atoms with Crippen LogP contribution in [-0.2, 0) is 9.59 Å². The molecule has 0 aromatic heterocycles.